The van der Waals surface area contributed by atoms with E-state index in [1.54, 1.807) is 14.1 Å². The molecule has 120 valence electrons. The van der Waals surface area contributed by atoms with Gasteiger partial charge in [-0.3, -0.25) is 14.6 Å². The molecule has 2 N–H and O–H groups in total. The fourth-order valence-electron chi connectivity index (χ4n) is 2.89. The first-order valence-corrected chi connectivity index (χ1v) is 7.21. The van der Waals surface area contributed by atoms with Crippen LogP contribution in [-0.4, -0.2) is 72.9 Å². The molecule has 0 radical (unpaired) electrons. The summed E-state index contributed by atoms with van der Waals surface area (Å²) in [5.74, 6) is 0.523. The van der Waals surface area contributed by atoms with Gasteiger partial charge < -0.3 is 20.4 Å². The molecule has 1 aliphatic heterocycles. The van der Waals surface area contributed by atoms with Crippen molar-refractivity contribution in [1.29, 1.82) is 0 Å². The van der Waals surface area contributed by atoms with Crippen molar-refractivity contribution < 1.29 is 9.59 Å². The quantitative estimate of drug-likeness (QED) is 0.551. The fraction of sp³-hybridized carbons (Fsp3) is 0.786. The number of carbonyl (C=O) groups is 2. The maximum Gasteiger partial charge on any atom is 0.242 e. The van der Waals surface area contributed by atoms with Gasteiger partial charge in [-0.25, -0.2) is 0 Å². The second-order valence-corrected chi connectivity index (χ2v) is 6.10. The Morgan fingerprint density at radius 1 is 1.43 bits per heavy atom. The summed E-state index contributed by atoms with van der Waals surface area (Å²) in [6.07, 6.45) is 0. The van der Waals surface area contributed by atoms with E-state index in [1.165, 1.54) is 0 Å². The molecule has 1 fully saturated rings. The lowest BCUT2D eigenvalue weighted by molar-refractivity contribution is -0.145. The maximum atomic E-state index is 12.4. The highest BCUT2D eigenvalue weighted by Crippen LogP contribution is 2.24. The van der Waals surface area contributed by atoms with Crippen LogP contribution in [0.1, 0.15) is 27.7 Å². The van der Waals surface area contributed by atoms with Gasteiger partial charge in [0, 0.05) is 26.7 Å². The summed E-state index contributed by atoms with van der Waals surface area (Å²) >= 11 is 0. The zero-order valence-electron chi connectivity index (χ0n) is 13.9. The predicted molar refractivity (Wildman–Crippen MR) is 83.1 cm³/mol. The van der Waals surface area contributed by atoms with E-state index in [2.05, 4.69) is 15.6 Å². The zero-order chi connectivity index (χ0) is 16.2. The van der Waals surface area contributed by atoms with Crippen LogP contribution in [0.4, 0.5) is 0 Å². The Hall–Kier alpha value is -1.79. The van der Waals surface area contributed by atoms with Crippen LogP contribution in [0.3, 0.4) is 0 Å². The number of hydrogen-bond donors (Lipinski definition) is 2. The van der Waals surface area contributed by atoms with Crippen LogP contribution in [0.15, 0.2) is 4.99 Å². The average molecular weight is 297 g/mol. The predicted octanol–water partition coefficient (Wildman–Crippen LogP) is -0.361. The van der Waals surface area contributed by atoms with E-state index < -0.39 is 0 Å². The Morgan fingerprint density at radius 2 is 2.05 bits per heavy atom. The Balaban J connectivity index is 2.81. The van der Waals surface area contributed by atoms with Gasteiger partial charge in [0.25, 0.3) is 0 Å². The van der Waals surface area contributed by atoms with Gasteiger partial charge in [-0.2, -0.15) is 0 Å². The summed E-state index contributed by atoms with van der Waals surface area (Å²) in [5, 5.41) is 5.53. The lowest BCUT2D eigenvalue weighted by atomic mass is 9.96. The van der Waals surface area contributed by atoms with Crippen molar-refractivity contribution in [2.45, 2.75) is 39.3 Å². The number of nitrogens with one attached hydrogen (secondary N) is 2. The second kappa shape index (κ2) is 6.78. The molecule has 2 amide bonds. The number of nitrogens with zero attached hydrogens (tertiary/aromatic N) is 3. The van der Waals surface area contributed by atoms with E-state index in [-0.39, 0.29) is 36.5 Å². The largest absolute Gasteiger partial charge is 0.358 e. The first-order valence-electron chi connectivity index (χ1n) is 7.21. The molecule has 21 heavy (non-hydrogen) atoms. The molecule has 0 aromatic carbocycles. The van der Waals surface area contributed by atoms with Crippen molar-refractivity contribution in [1.82, 2.24) is 20.4 Å². The van der Waals surface area contributed by atoms with Crippen molar-refractivity contribution >= 4 is 17.8 Å². The van der Waals surface area contributed by atoms with Crippen molar-refractivity contribution in [3.63, 3.8) is 0 Å². The SMILES string of the molecule is CN=C(NCC(=O)NC)N1CC(=O)N(C(C)C)C(C)(C)C1. The monoisotopic (exact) mass is 297 g/mol. The first-order chi connectivity index (χ1) is 9.72. The molecule has 7 heteroatoms. The van der Waals surface area contributed by atoms with Crippen LogP contribution in [-0.2, 0) is 9.59 Å². The highest BCUT2D eigenvalue weighted by Gasteiger charge is 2.40. The molecule has 0 aromatic rings. The van der Waals surface area contributed by atoms with Crippen LogP contribution in [0.2, 0.25) is 0 Å². The van der Waals surface area contributed by atoms with E-state index in [9.17, 15) is 9.59 Å². The third-order valence-electron chi connectivity index (χ3n) is 3.54. The Labute approximate surface area is 126 Å². The van der Waals surface area contributed by atoms with Gasteiger partial charge in [-0.05, 0) is 27.7 Å². The molecule has 0 bridgehead atoms. The van der Waals surface area contributed by atoms with Crippen molar-refractivity contribution in [3.05, 3.63) is 0 Å². The number of rotatable bonds is 3. The summed E-state index contributed by atoms with van der Waals surface area (Å²) in [7, 11) is 3.24. The molecule has 0 atom stereocenters. The molecular weight excluding hydrogens is 270 g/mol. The minimum absolute atomic E-state index is 0.0733. The molecule has 0 unspecified atom stereocenters. The molecule has 0 aliphatic carbocycles. The van der Waals surface area contributed by atoms with Gasteiger partial charge in [0.15, 0.2) is 5.96 Å². The van der Waals surface area contributed by atoms with E-state index in [1.807, 2.05) is 37.5 Å². The van der Waals surface area contributed by atoms with Gasteiger partial charge in [0.05, 0.1) is 18.6 Å². The topological polar surface area (TPSA) is 77.0 Å². The van der Waals surface area contributed by atoms with Gasteiger partial charge in [0.1, 0.15) is 0 Å². The molecule has 1 heterocycles. The minimum atomic E-state index is -0.284. The third kappa shape index (κ3) is 4.09. The maximum absolute atomic E-state index is 12.4. The lowest BCUT2D eigenvalue weighted by Crippen LogP contribution is -2.66. The fourth-order valence-corrected chi connectivity index (χ4v) is 2.89. The zero-order valence-corrected chi connectivity index (χ0v) is 13.9. The molecule has 0 spiro atoms. The number of guanidine groups is 1. The normalized spacial score (nSPS) is 19.0. The number of carbonyl (C=O) groups excluding carboxylic acids is 2. The van der Waals surface area contributed by atoms with Crippen LogP contribution >= 0.6 is 0 Å². The number of hydrogen-bond acceptors (Lipinski definition) is 3. The summed E-state index contributed by atoms with van der Waals surface area (Å²) in [5.41, 5.74) is -0.284. The molecule has 0 aromatic heterocycles. The Bertz CT molecular complexity index is 431. The summed E-state index contributed by atoms with van der Waals surface area (Å²) in [4.78, 5) is 31.7. The van der Waals surface area contributed by atoms with Crippen molar-refractivity contribution in [2.75, 3.05) is 33.7 Å². The van der Waals surface area contributed by atoms with Crippen molar-refractivity contribution in [2.24, 2.45) is 4.99 Å². The van der Waals surface area contributed by atoms with Gasteiger partial charge in [-0.15, -0.1) is 0 Å². The smallest absolute Gasteiger partial charge is 0.242 e. The summed E-state index contributed by atoms with van der Waals surface area (Å²) in [6, 6.07) is 0.162. The van der Waals surface area contributed by atoms with Crippen molar-refractivity contribution in [3.8, 4) is 0 Å². The molecule has 1 aliphatic rings. The van der Waals surface area contributed by atoms with Crippen LogP contribution in [0, 0.1) is 0 Å². The van der Waals surface area contributed by atoms with Crippen LogP contribution in [0.25, 0.3) is 0 Å². The molecule has 0 saturated carbocycles. The number of likely N-dealkylation sites (N-methyl/N-ethyl adjacent to an activating group) is 1. The first kappa shape index (κ1) is 17.3. The Kier molecular flexibility index (Phi) is 5.57. The molecular formula is C14H27N5O2. The second-order valence-electron chi connectivity index (χ2n) is 6.10. The number of piperazine rings is 1. The van der Waals surface area contributed by atoms with E-state index in [4.69, 9.17) is 0 Å². The van der Waals surface area contributed by atoms with Gasteiger partial charge >= 0.3 is 0 Å². The number of amides is 2. The molecule has 7 nitrogen and oxygen atoms in total. The highest BCUT2D eigenvalue weighted by atomic mass is 16.2. The van der Waals surface area contributed by atoms with E-state index >= 15 is 0 Å². The lowest BCUT2D eigenvalue weighted by Gasteiger charge is -2.49. The third-order valence-corrected chi connectivity index (χ3v) is 3.54. The Morgan fingerprint density at radius 3 is 2.48 bits per heavy atom. The van der Waals surface area contributed by atoms with E-state index in [0.717, 1.165) is 0 Å². The molecule has 1 saturated heterocycles. The molecule has 1 rings (SSSR count). The minimum Gasteiger partial charge on any atom is -0.358 e. The number of aliphatic imine (C=N–C) groups is 1. The summed E-state index contributed by atoms with van der Waals surface area (Å²) in [6.45, 7) is 9.22. The van der Waals surface area contributed by atoms with Crippen LogP contribution < -0.4 is 10.6 Å². The summed E-state index contributed by atoms with van der Waals surface area (Å²) < 4.78 is 0. The highest BCUT2D eigenvalue weighted by molar-refractivity contribution is 5.90. The van der Waals surface area contributed by atoms with Gasteiger partial charge in [-0.1, -0.05) is 0 Å². The van der Waals surface area contributed by atoms with Gasteiger partial charge in [0.2, 0.25) is 11.8 Å². The average Bonchev–Trinajstić information content (AvgIpc) is 2.36. The standard InChI is InChI=1S/C14H27N5O2/c1-10(2)19-12(21)8-18(9-14(19,3)4)13(16-6)17-7-11(20)15-5/h10H,7-9H2,1-6H3,(H,15,20)(H,16,17). The van der Waals surface area contributed by atoms with Crippen LogP contribution in [0.5, 0.6) is 0 Å². The van der Waals surface area contributed by atoms with E-state index in [0.29, 0.717) is 12.5 Å².